The molecule has 0 fully saturated rings. The summed E-state index contributed by atoms with van der Waals surface area (Å²) < 4.78 is 10.8. The molecule has 0 spiro atoms. The Labute approximate surface area is 158 Å². The van der Waals surface area contributed by atoms with Gasteiger partial charge >= 0.3 is 0 Å². The third-order valence-corrected chi connectivity index (χ3v) is 3.82. The number of hydrogen-bond donors (Lipinski definition) is 1. The molecule has 1 aromatic heterocycles. The van der Waals surface area contributed by atoms with Gasteiger partial charge in [0.1, 0.15) is 5.75 Å². The fourth-order valence-electron chi connectivity index (χ4n) is 2.59. The largest absolute Gasteiger partial charge is 0.491 e. The number of aryl methyl sites for hydroxylation is 2. The molecule has 27 heavy (non-hydrogen) atoms. The van der Waals surface area contributed by atoms with E-state index in [9.17, 15) is 4.79 Å². The molecule has 0 aliphatic carbocycles. The summed E-state index contributed by atoms with van der Waals surface area (Å²) in [7, 11) is 0. The van der Waals surface area contributed by atoms with Crippen LogP contribution in [0.4, 0.5) is 5.69 Å². The molecule has 0 radical (unpaired) electrons. The van der Waals surface area contributed by atoms with E-state index in [-0.39, 0.29) is 18.4 Å². The Morgan fingerprint density at radius 1 is 1.19 bits per heavy atom. The van der Waals surface area contributed by atoms with E-state index < -0.39 is 0 Å². The number of ether oxygens (including phenoxy) is 1. The normalized spacial score (nSPS) is 10.8. The van der Waals surface area contributed by atoms with Crippen molar-refractivity contribution in [2.45, 2.75) is 39.7 Å². The van der Waals surface area contributed by atoms with Gasteiger partial charge in [0.15, 0.2) is 0 Å². The van der Waals surface area contributed by atoms with Gasteiger partial charge in [-0.05, 0) is 51.1 Å². The average Bonchev–Trinajstić information content (AvgIpc) is 3.10. The fraction of sp³-hybridized carbons (Fsp3) is 0.286. The van der Waals surface area contributed by atoms with Crippen LogP contribution in [0.3, 0.4) is 0 Å². The van der Waals surface area contributed by atoms with E-state index >= 15 is 0 Å². The second kappa shape index (κ2) is 8.49. The Kier molecular flexibility index (Phi) is 5.86. The summed E-state index contributed by atoms with van der Waals surface area (Å²) in [6.45, 7) is 5.95. The standard InChI is InChI=1S/C21H23N3O3/c1-14(2)26-18-9-7-17(8-10-18)22-19(25)11-12-20-23-21(24-27-20)16-6-4-5-15(3)13-16/h4-10,13-14H,11-12H2,1-3H3,(H,22,25). The Morgan fingerprint density at radius 3 is 2.67 bits per heavy atom. The summed E-state index contributed by atoms with van der Waals surface area (Å²) in [6, 6.07) is 15.2. The first-order chi connectivity index (χ1) is 13.0. The van der Waals surface area contributed by atoms with Crippen LogP contribution in [0.25, 0.3) is 11.4 Å². The minimum atomic E-state index is -0.108. The zero-order chi connectivity index (χ0) is 19.2. The molecule has 1 N–H and O–H groups in total. The maximum Gasteiger partial charge on any atom is 0.227 e. The summed E-state index contributed by atoms with van der Waals surface area (Å²) >= 11 is 0. The molecule has 1 amide bonds. The number of rotatable bonds is 7. The van der Waals surface area contributed by atoms with E-state index in [1.165, 1.54) is 0 Å². The second-order valence-corrected chi connectivity index (χ2v) is 6.62. The van der Waals surface area contributed by atoms with Crippen LogP contribution >= 0.6 is 0 Å². The molecule has 0 atom stereocenters. The Hall–Kier alpha value is -3.15. The van der Waals surface area contributed by atoms with Gasteiger partial charge in [-0.25, -0.2) is 0 Å². The van der Waals surface area contributed by atoms with Gasteiger partial charge < -0.3 is 14.6 Å². The summed E-state index contributed by atoms with van der Waals surface area (Å²) in [5, 5.41) is 6.85. The van der Waals surface area contributed by atoms with Gasteiger partial charge in [-0.3, -0.25) is 4.79 Å². The lowest BCUT2D eigenvalue weighted by molar-refractivity contribution is -0.116. The number of nitrogens with one attached hydrogen (secondary N) is 1. The van der Waals surface area contributed by atoms with E-state index in [1.54, 1.807) is 0 Å². The number of nitrogens with zero attached hydrogens (tertiary/aromatic N) is 2. The molecule has 1 heterocycles. The molecule has 0 unspecified atom stereocenters. The van der Waals surface area contributed by atoms with Crippen LogP contribution in [0, 0.1) is 6.92 Å². The maximum atomic E-state index is 12.1. The smallest absolute Gasteiger partial charge is 0.227 e. The number of benzene rings is 2. The summed E-state index contributed by atoms with van der Waals surface area (Å²) in [5.41, 5.74) is 2.75. The van der Waals surface area contributed by atoms with Crippen molar-refractivity contribution in [2.24, 2.45) is 0 Å². The van der Waals surface area contributed by atoms with E-state index in [2.05, 4.69) is 15.5 Å². The molecule has 2 aromatic carbocycles. The van der Waals surface area contributed by atoms with Crippen LogP contribution in [0.15, 0.2) is 53.1 Å². The number of carbonyl (C=O) groups excluding carboxylic acids is 1. The zero-order valence-electron chi connectivity index (χ0n) is 15.7. The van der Waals surface area contributed by atoms with Crippen molar-refractivity contribution in [3.05, 3.63) is 60.0 Å². The molecule has 0 bridgehead atoms. The minimum Gasteiger partial charge on any atom is -0.491 e. The van der Waals surface area contributed by atoms with E-state index in [1.807, 2.05) is 69.3 Å². The summed E-state index contributed by atoms with van der Waals surface area (Å²) in [4.78, 5) is 16.5. The fourth-order valence-corrected chi connectivity index (χ4v) is 2.59. The van der Waals surface area contributed by atoms with Crippen LogP contribution < -0.4 is 10.1 Å². The van der Waals surface area contributed by atoms with Gasteiger partial charge in [0.2, 0.25) is 17.6 Å². The molecule has 3 rings (SSSR count). The first-order valence-corrected chi connectivity index (χ1v) is 8.96. The molecule has 0 saturated carbocycles. The van der Waals surface area contributed by atoms with Gasteiger partial charge in [0.05, 0.1) is 6.10 Å². The SMILES string of the molecule is Cc1cccc(-c2noc(CCC(=O)Nc3ccc(OC(C)C)cc3)n2)c1. The highest BCUT2D eigenvalue weighted by molar-refractivity contribution is 5.90. The summed E-state index contributed by atoms with van der Waals surface area (Å²) in [5.74, 6) is 1.65. The second-order valence-electron chi connectivity index (χ2n) is 6.62. The topological polar surface area (TPSA) is 77.2 Å². The molecule has 0 aliphatic heterocycles. The Balaban J connectivity index is 1.52. The quantitative estimate of drug-likeness (QED) is 0.671. The van der Waals surface area contributed by atoms with Crippen molar-refractivity contribution >= 4 is 11.6 Å². The van der Waals surface area contributed by atoms with Gasteiger partial charge in [0, 0.05) is 24.1 Å². The number of carbonyl (C=O) groups is 1. The average molecular weight is 365 g/mol. The van der Waals surface area contributed by atoms with Gasteiger partial charge in [-0.2, -0.15) is 4.98 Å². The lowest BCUT2D eigenvalue weighted by Crippen LogP contribution is -2.12. The van der Waals surface area contributed by atoms with Crippen molar-refractivity contribution in [1.29, 1.82) is 0 Å². The van der Waals surface area contributed by atoms with Crippen LogP contribution in [-0.4, -0.2) is 22.2 Å². The number of hydrogen-bond acceptors (Lipinski definition) is 5. The maximum absolute atomic E-state index is 12.1. The zero-order valence-corrected chi connectivity index (χ0v) is 15.7. The molecular formula is C21H23N3O3. The van der Waals surface area contributed by atoms with E-state index in [0.29, 0.717) is 18.1 Å². The highest BCUT2D eigenvalue weighted by atomic mass is 16.5. The third-order valence-electron chi connectivity index (χ3n) is 3.82. The van der Waals surface area contributed by atoms with Crippen molar-refractivity contribution in [3.63, 3.8) is 0 Å². The third kappa shape index (κ3) is 5.41. The monoisotopic (exact) mass is 365 g/mol. The number of amides is 1. The Bertz CT molecular complexity index is 901. The molecule has 6 heteroatoms. The van der Waals surface area contributed by atoms with E-state index in [4.69, 9.17) is 9.26 Å². The molecular weight excluding hydrogens is 342 g/mol. The molecule has 0 aliphatic rings. The van der Waals surface area contributed by atoms with Crippen molar-refractivity contribution in [3.8, 4) is 17.1 Å². The van der Waals surface area contributed by atoms with Crippen LogP contribution in [0.1, 0.15) is 31.7 Å². The van der Waals surface area contributed by atoms with Crippen LogP contribution in [0.2, 0.25) is 0 Å². The first kappa shape index (κ1) is 18.6. The lowest BCUT2D eigenvalue weighted by atomic mass is 10.1. The Morgan fingerprint density at radius 2 is 1.96 bits per heavy atom. The lowest BCUT2D eigenvalue weighted by Gasteiger charge is -2.10. The number of anilines is 1. The molecule has 0 saturated heterocycles. The molecule has 3 aromatic rings. The predicted octanol–water partition coefficient (Wildman–Crippen LogP) is 4.40. The minimum absolute atomic E-state index is 0.108. The van der Waals surface area contributed by atoms with Crippen molar-refractivity contribution in [1.82, 2.24) is 10.1 Å². The summed E-state index contributed by atoms with van der Waals surface area (Å²) in [6.07, 6.45) is 0.767. The van der Waals surface area contributed by atoms with E-state index in [0.717, 1.165) is 22.6 Å². The van der Waals surface area contributed by atoms with Crippen LogP contribution in [0.5, 0.6) is 5.75 Å². The highest BCUT2D eigenvalue weighted by Crippen LogP contribution is 2.19. The molecule has 6 nitrogen and oxygen atoms in total. The van der Waals surface area contributed by atoms with Crippen molar-refractivity contribution < 1.29 is 14.1 Å². The first-order valence-electron chi connectivity index (χ1n) is 8.96. The highest BCUT2D eigenvalue weighted by Gasteiger charge is 2.11. The molecule has 140 valence electrons. The van der Waals surface area contributed by atoms with Gasteiger partial charge in [-0.1, -0.05) is 28.9 Å². The van der Waals surface area contributed by atoms with Gasteiger partial charge in [-0.15, -0.1) is 0 Å². The predicted molar refractivity (Wildman–Crippen MR) is 104 cm³/mol. The number of aromatic nitrogens is 2. The van der Waals surface area contributed by atoms with Crippen molar-refractivity contribution in [2.75, 3.05) is 5.32 Å². The van der Waals surface area contributed by atoms with Crippen LogP contribution in [-0.2, 0) is 11.2 Å². The van der Waals surface area contributed by atoms with Gasteiger partial charge in [0.25, 0.3) is 0 Å².